The number of hydrogen-bond donors (Lipinski definition) is 2. The van der Waals surface area contributed by atoms with Gasteiger partial charge in [0.25, 0.3) is 0 Å². The minimum absolute atomic E-state index is 0.0242. The number of aliphatic hydroxyl groups excluding tert-OH is 1. The highest BCUT2D eigenvalue weighted by atomic mass is 16.6. The molecule has 2 N–H and O–H groups in total. The van der Waals surface area contributed by atoms with Gasteiger partial charge in [-0.15, -0.1) is 0 Å². The number of aliphatic hydroxyl groups is 2. The molecule has 2 aliphatic rings. The Morgan fingerprint density at radius 1 is 1.24 bits per heavy atom. The van der Waals surface area contributed by atoms with Crippen LogP contribution in [0.15, 0.2) is 0 Å². The van der Waals surface area contributed by atoms with Crippen LogP contribution in [0.1, 0.15) is 66.7 Å². The van der Waals surface area contributed by atoms with Crippen LogP contribution in [0.5, 0.6) is 0 Å². The van der Waals surface area contributed by atoms with Crippen molar-refractivity contribution >= 4 is 5.97 Å². The Morgan fingerprint density at radius 2 is 1.86 bits per heavy atom. The first-order valence-corrected chi connectivity index (χ1v) is 8.10. The first-order chi connectivity index (χ1) is 9.50. The standard InChI is InChI=1S/C17H30O4/c1-11(18)21-17(5)9-6-8-16(4)10-7-12(15(2,3)20)13(19)14(16)17/h12-14,19-20H,6-10H2,1-5H3. The molecular weight excluding hydrogens is 268 g/mol. The van der Waals surface area contributed by atoms with Crippen LogP contribution in [0.3, 0.4) is 0 Å². The minimum Gasteiger partial charge on any atom is -0.459 e. The summed E-state index contributed by atoms with van der Waals surface area (Å²) in [5.41, 5.74) is -1.58. The summed E-state index contributed by atoms with van der Waals surface area (Å²) in [6, 6.07) is 0. The van der Waals surface area contributed by atoms with Gasteiger partial charge in [-0.1, -0.05) is 6.92 Å². The van der Waals surface area contributed by atoms with Crippen LogP contribution in [-0.2, 0) is 9.53 Å². The first kappa shape index (κ1) is 16.8. The maximum absolute atomic E-state index is 11.5. The van der Waals surface area contributed by atoms with Gasteiger partial charge in [-0.2, -0.15) is 0 Å². The molecule has 0 aromatic carbocycles. The van der Waals surface area contributed by atoms with Crippen LogP contribution in [0.2, 0.25) is 0 Å². The zero-order chi connectivity index (χ0) is 16.1. The molecule has 0 heterocycles. The minimum atomic E-state index is -0.921. The lowest BCUT2D eigenvalue weighted by Gasteiger charge is -2.58. The van der Waals surface area contributed by atoms with Gasteiger partial charge in [0.15, 0.2) is 0 Å². The second kappa shape index (κ2) is 5.24. The van der Waals surface area contributed by atoms with Gasteiger partial charge in [-0.25, -0.2) is 0 Å². The lowest BCUT2D eigenvalue weighted by atomic mass is 9.51. The van der Waals surface area contributed by atoms with Gasteiger partial charge in [0, 0.05) is 18.8 Å². The summed E-state index contributed by atoms with van der Waals surface area (Å²) < 4.78 is 5.66. The zero-order valence-electron chi connectivity index (χ0n) is 14.0. The van der Waals surface area contributed by atoms with Crippen molar-refractivity contribution in [2.24, 2.45) is 17.3 Å². The maximum Gasteiger partial charge on any atom is 0.303 e. The third-order valence-corrected chi connectivity index (χ3v) is 5.89. The second-order valence-electron chi connectivity index (χ2n) is 8.18. The fraction of sp³-hybridized carbons (Fsp3) is 0.941. The third kappa shape index (κ3) is 2.98. The Labute approximate surface area is 127 Å². The van der Waals surface area contributed by atoms with Gasteiger partial charge in [-0.05, 0) is 58.3 Å². The van der Waals surface area contributed by atoms with Crippen molar-refractivity contribution in [1.29, 1.82) is 0 Å². The van der Waals surface area contributed by atoms with E-state index in [1.807, 2.05) is 6.92 Å². The van der Waals surface area contributed by atoms with Crippen LogP contribution in [-0.4, -0.2) is 33.5 Å². The van der Waals surface area contributed by atoms with E-state index < -0.39 is 17.3 Å². The van der Waals surface area contributed by atoms with E-state index in [-0.39, 0.29) is 23.2 Å². The van der Waals surface area contributed by atoms with Crippen LogP contribution < -0.4 is 0 Å². The van der Waals surface area contributed by atoms with E-state index in [1.165, 1.54) is 6.92 Å². The van der Waals surface area contributed by atoms with Crippen LogP contribution >= 0.6 is 0 Å². The Bertz CT molecular complexity index is 414. The number of carbonyl (C=O) groups excluding carboxylic acids is 1. The summed E-state index contributed by atoms with van der Waals surface area (Å²) in [7, 11) is 0. The molecule has 122 valence electrons. The molecule has 0 amide bonds. The molecule has 2 rings (SSSR count). The lowest BCUT2D eigenvalue weighted by molar-refractivity contribution is -0.218. The predicted molar refractivity (Wildman–Crippen MR) is 80.6 cm³/mol. The normalized spacial score (nSPS) is 44.0. The lowest BCUT2D eigenvalue weighted by Crippen LogP contribution is -2.62. The molecule has 0 saturated heterocycles. The largest absolute Gasteiger partial charge is 0.459 e. The summed E-state index contributed by atoms with van der Waals surface area (Å²) >= 11 is 0. The quantitative estimate of drug-likeness (QED) is 0.769. The average Bonchev–Trinajstić information content (AvgIpc) is 2.24. The molecule has 0 aromatic heterocycles. The number of ether oxygens (including phenoxy) is 1. The van der Waals surface area contributed by atoms with Gasteiger partial charge in [0.05, 0.1) is 11.7 Å². The van der Waals surface area contributed by atoms with Crippen molar-refractivity contribution in [3.8, 4) is 0 Å². The fourth-order valence-corrected chi connectivity index (χ4v) is 5.05. The highest BCUT2D eigenvalue weighted by Gasteiger charge is 2.59. The van der Waals surface area contributed by atoms with Crippen LogP contribution in [0, 0.1) is 17.3 Å². The molecular formula is C17H30O4. The number of fused-ring (bicyclic) bond motifs is 1. The predicted octanol–water partition coefficient (Wildman–Crippen LogP) is 2.66. The first-order valence-electron chi connectivity index (χ1n) is 8.10. The summed E-state index contributed by atoms with van der Waals surface area (Å²) in [5, 5.41) is 21.3. The van der Waals surface area contributed by atoms with Crippen LogP contribution in [0.4, 0.5) is 0 Å². The van der Waals surface area contributed by atoms with Crippen molar-refractivity contribution < 1.29 is 19.7 Å². The van der Waals surface area contributed by atoms with E-state index >= 15 is 0 Å². The fourth-order valence-electron chi connectivity index (χ4n) is 5.05. The summed E-state index contributed by atoms with van der Waals surface area (Å²) in [6.07, 6.45) is 3.96. The van der Waals surface area contributed by atoms with E-state index in [1.54, 1.807) is 13.8 Å². The topological polar surface area (TPSA) is 66.8 Å². The Kier molecular flexibility index (Phi) is 4.18. The highest BCUT2D eigenvalue weighted by molar-refractivity contribution is 5.66. The SMILES string of the molecule is CC(=O)OC1(C)CCCC2(C)CCC(C(C)(C)O)C(O)C21. The van der Waals surface area contributed by atoms with Crippen molar-refractivity contribution in [3.63, 3.8) is 0 Å². The number of hydrogen-bond acceptors (Lipinski definition) is 4. The van der Waals surface area contributed by atoms with Gasteiger partial charge in [0.1, 0.15) is 5.60 Å². The smallest absolute Gasteiger partial charge is 0.303 e. The van der Waals surface area contributed by atoms with Crippen molar-refractivity contribution in [1.82, 2.24) is 0 Å². The molecule has 5 unspecified atom stereocenters. The van der Waals surface area contributed by atoms with Gasteiger partial charge in [0.2, 0.25) is 0 Å². The molecule has 2 aliphatic carbocycles. The molecule has 5 atom stereocenters. The van der Waals surface area contributed by atoms with Gasteiger partial charge >= 0.3 is 5.97 Å². The monoisotopic (exact) mass is 298 g/mol. The molecule has 0 aliphatic heterocycles. The number of carbonyl (C=O) groups is 1. The van der Waals surface area contributed by atoms with E-state index in [9.17, 15) is 15.0 Å². The maximum atomic E-state index is 11.5. The van der Waals surface area contributed by atoms with E-state index in [0.717, 1.165) is 32.1 Å². The van der Waals surface area contributed by atoms with Gasteiger partial charge < -0.3 is 14.9 Å². The van der Waals surface area contributed by atoms with Crippen molar-refractivity contribution in [2.75, 3.05) is 0 Å². The molecule has 4 heteroatoms. The summed E-state index contributed by atoms with van der Waals surface area (Å²) in [4.78, 5) is 11.5. The van der Waals surface area contributed by atoms with E-state index in [2.05, 4.69) is 6.92 Å². The zero-order valence-corrected chi connectivity index (χ0v) is 14.0. The Morgan fingerprint density at radius 3 is 2.38 bits per heavy atom. The third-order valence-electron chi connectivity index (χ3n) is 5.89. The molecule has 0 spiro atoms. The molecule has 2 saturated carbocycles. The second-order valence-corrected chi connectivity index (χ2v) is 8.18. The number of esters is 1. The molecule has 21 heavy (non-hydrogen) atoms. The van der Waals surface area contributed by atoms with Crippen LogP contribution in [0.25, 0.3) is 0 Å². The molecule has 0 bridgehead atoms. The summed E-state index contributed by atoms with van der Waals surface area (Å²) in [6.45, 7) is 9.10. The molecule has 0 radical (unpaired) electrons. The van der Waals surface area contributed by atoms with Crippen molar-refractivity contribution in [2.45, 2.75) is 84.0 Å². The van der Waals surface area contributed by atoms with Crippen molar-refractivity contribution in [3.05, 3.63) is 0 Å². The van der Waals surface area contributed by atoms with E-state index in [4.69, 9.17) is 4.74 Å². The Hall–Kier alpha value is -0.610. The number of rotatable bonds is 2. The van der Waals surface area contributed by atoms with Gasteiger partial charge in [-0.3, -0.25) is 4.79 Å². The van der Waals surface area contributed by atoms with E-state index in [0.29, 0.717) is 0 Å². The molecule has 0 aromatic rings. The molecule has 4 nitrogen and oxygen atoms in total. The molecule has 2 fully saturated rings. The average molecular weight is 298 g/mol. The Balaban J connectivity index is 2.37. The summed E-state index contributed by atoms with van der Waals surface area (Å²) in [5.74, 6) is -0.587. The highest BCUT2D eigenvalue weighted by Crippen LogP contribution is 2.57.